The summed E-state index contributed by atoms with van der Waals surface area (Å²) < 4.78 is 24.1. The second-order valence-corrected chi connectivity index (χ2v) is 6.32. The maximum atomic E-state index is 12.9. The largest absolute Gasteiger partial charge is 0.448 e. The summed E-state index contributed by atoms with van der Waals surface area (Å²) in [6, 6.07) is 8.84. The first-order chi connectivity index (χ1) is 11.0. The standard InChI is InChI=1S/C15H10ClFN2O3S/c1-8(21-15(20)11-6-7-12(16)23-11)13-18-19-14(22-13)9-2-4-10(17)5-3-9/h2-8H,1H3/t8-/m1/s1. The number of benzene rings is 1. The van der Waals surface area contributed by atoms with Crippen LogP contribution >= 0.6 is 22.9 Å². The van der Waals surface area contributed by atoms with Gasteiger partial charge in [0.25, 0.3) is 5.89 Å². The lowest BCUT2D eigenvalue weighted by Crippen LogP contribution is -2.08. The minimum Gasteiger partial charge on any atom is -0.448 e. The summed E-state index contributed by atoms with van der Waals surface area (Å²) in [5, 5.41) is 7.73. The molecular weight excluding hydrogens is 343 g/mol. The lowest BCUT2D eigenvalue weighted by Gasteiger charge is -2.07. The van der Waals surface area contributed by atoms with E-state index in [0.29, 0.717) is 14.8 Å². The van der Waals surface area contributed by atoms with Crippen LogP contribution in [0, 0.1) is 5.82 Å². The first-order valence-corrected chi connectivity index (χ1v) is 7.78. The molecule has 0 fully saturated rings. The van der Waals surface area contributed by atoms with Crippen molar-refractivity contribution in [2.24, 2.45) is 0 Å². The van der Waals surface area contributed by atoms with Crippen LogP contribution in [0.25, 0.3) is 11.5 Å². The molecule has 3 aromatic rings. The SMILES string of the molecule is C[C@@H](OC(=O)c1ccc(Cl)s1)c1nnc(-c2ccc(F)cc2)o1. The number of carbonyl (C=O) groups is 1. The van der Waals surface area contributed by atoms with E-state index in [1.165, 1.54) is 24.3 Å². The third-order valence-electron chi connectivity index (χ3n) is 2.94. The van der Waals surface area contributed by atoms with Gasteiger partial charge in [-0.3, -0.25) is 0 Å². The van der Waals surface area contributed by atoms with Crippen molar-refractivity contribution in [2.75, 3.05) is 0 Å². The maximum Gasteiger partial charge on any atom is 0.349 e. The zero-order chi connectivity index (χ0) is 16.4. The Bertz CT molecular complexity index is 831. The van der Waals surface area contributed by atoms with Gasteiger partial charge in [-0.25, -0.2) is 9.18 Å². The van der Waals surface area contributed by atoms with E-state index in [4.69, 9.17) is 20.8 Å². The summed E-state index contributed by atoms with van der Waals surface area (Å²) >= 11 is 6.91. The molecule has 8 heteroatoms. The van der Waals surface area contributed by atoms with Crippen LogP contribution < -0.4 is 0 Å². The number of hydrogen-bond acceptors (Lipinski definition) is 6. The van der Waals surface area contributed by atoms with Gasteiger partial charge in [0.15, 0.2) is 6.10 Å². The molecule has 2 aromatic heterocycles. The molecule has 0 bridgehead atoms. The monoisotopic (exact) mass is 352 g/mol. The van der Waals surface area contributed by atoms with Crippen molar-refractivity contribution in [2.45, 2.75) is 13.0 Å². The third-order valence-corrected chi connectivity index (χ3v) is 4.15. The van der Waals surface area contributed by atoms with Crippen molar-refractivity contribution in [3.05, 3.63) is 57.3 Å². The Morgan fingerprint density at radius 3 is 2.65 bits per heavy atom. The highest BCUT2D eigenvalue weighted by molar-refractivity contribution is 7.17. The number of carbonyl (C=O) groups excluding carboxylic acids is 1. The molecule has 0 aliphatic rings. The van der Waals surface area contributed by atoms with Gasteiger partial charge in [0.1, 0.15) is 10.7 Å². The number of nitrogens with zero attached hydrogens (tertiary/aromatic N) is 2. The predicted octanol–water partition coefficient (Wildman–Crippen LogP) is 4.51. The van der Waals surface area contributed by atoms with Gasteiger partial charge in [-0.15, -0.1) is 21.5 Å². The number of thiophene rings is 1. The van der Waals surface area contributed by atoms with Gasteiger partial charge < -0.3 is 9.15 Å². The van der Waals surface area contributed by atoms with E-state index >= 15 is 0 Å². The number of hydrogen-bond donors (Lipinski definition) is 0. The van der Waals surface area contributed by atoms with Crippen LogP contribution in [0.3, 0.4) is 0 Å². The summed E-state index contributed by atoms with van der Waals surface area (Å²) in [4.78, 5) is 12.3. The summed E-state index contributed by atoms with van der Waals surface area (Å²) in [6.45, 7) is 1.62. The average Bonchev–Trinajstić information content (AvgIpc) is 3.17. The van der Waals surface area contributed by atoms with Crippen LogP contribution in [0.15, 0.2) is 40.8 Å². The minimum atomic E-state index is -0.718. The Balaban J connectivity index is 1.72. The van der Waals surface area contributed by atoms with Gasteiger partial charge in [0.05, 0.1) is 4.34 Å². The normalized spacial score (nSPS) is 12.1. The minimum absolute atomic E-state index is 0.153. The van der Waals surface area contributed by atoms with Crippen LogP contribution in [0.5, 0.6) is 0 Å². The number of aromatic nitrogens is 2. The molecule has 23 heavy (non-hydrogen) atoms. The highest BCUT2D eigenvalue weighted by Gasteiger charge is 2.20. The summed E-state index contributed by atoms with van der Waals surface area (Å²) in [7, 11) is 0. The number of ether oxygens (including phenoxy) is 1. The fourth-order valence-electron chi connectivity index (χ4n) is 1.80. The molecule has 0 amide bonds. The van der Waals surface area contributed by atoms with Crippen LogP contribution in [0.2, 0.25) is 4.34 Å². The third kappa shape index (κ3) is 3.57. The van der Waals surface area contributed by atoms with E-state index in [-0.39, 0.29) is 17.6 Å². The molecule has 0 aliphatic carbocycles. The quantitative estimate of drug-likeness (QED) is 0.646. The summed E-state index contributed by atoms with van der Waals surface area (Å²) in [5.41, 5.74) is 0.578. The smallest absolute Gasteiger partial charge is 0.349 e. The molecule has 0 radical (unpaired) electrons. The van der Waals surface area contributed by atoms with Crippen molar-refractivity contribution in [3.8, 4) is 11.5 Å². The van der Waals surface area contributed by atoms with E-state index in [1.807, 2.05) is 0 Å². The Morgan fingerprint density at radius 2 is 2.00 bits per heavy atom. The predicted molar refractivity (Wildman–Crippen MR) is 82.9 cm³/mol. The lowest BCUT2D eigenvalue weighted by atomic mass is 10.2. The summed E-state index contributed by atoms with van der Waals surface area (Å²) in [6.07, 6.45) is -0.718. The number of rotatable bonds is 4. The first kappa shape index (κ1) is 15.6. The zero-order valence-corrected chi connectivity index (χ0v) is 13.4. The van der Waals surface area contributed by atoms with Crippen molar-refractivity contribution >= 4 is 28.9 Å². The van der Waals surface area contributed by atoms with Gasteiger partial charge in [0, 0.05) is 5.56 Å². The number of halogens is 2. The molecule has 1 atom stereocenters. The van der Waals surface area contributed by atoms with Crippen molar-refractivity contribution in [3.63, 3.8) is 0 Å². The van der Waals surface area contributed by atoms with Crippen LogP contribution in [-0.4, -0.2) is 16.2 Å². The van der Waals surface area contributed by atoms with Crippen molar-refractivity contribution in [1.29, 1.82) is 0 Å². The van der Waals surface area contributed by atoms with Crippen molar-refractivity contribution < 1.29 is 18.3 Å². The van der Waals surface area contributed by atoms with Crippen molar-refractivity contribution in [1.82, 2.24) is 10.2 Å². The van der Waals surface area contributed by atoms with Crippen LogP contribution in [0.4, 0.5) is 4.39 Å². The highest BCUT2D eigenvalue weighted by Crippen LogP contribution is 2.26. The van der Waals surface area contributed by atoms with Gasteiger partial charge in [-0.05, 0) is 43.3 Å². The fourth-order valence-corrected chi connectivity index (χ4v) is 2.73. The molecule has 0 aliphatic heterocycles. The van der Waals surface area contributed by atoms with E-state index in [9.17, 15) is 9.18 Å². The van der Waals surface area contributed by atoms with E-state index < -0.39 is 12.1 Å². The topological polar surface area (TPSA) is 65.2 Å². The van der Waals surface area contributed by atoms with E-state index in [0.717, 1.165) is 11.3 Å². The maximum absolute atomic E-state index is 12.9. The Morgan fingerprint density at radius 1 is 1.26 bits per heavy atom. The molecule has 5 nitrogen and oxygen atoms in total. The van der Waals surface area contributed by atoms with Crippen LogP contribution in [0.1, 0.15) is 28.6 Å². The molecule has 0 saturated heterocycles. The molecule has 1 aromatic carbocycles. The molecule has 118 valence electrons. The summed E-state index contributed by atoms with van der Waals surface area (Å²) in [5.74, 6) is -0.497. The van der Waals surface area contributed by atoms with Gasteiger partial charge >= 0.3 is 5.97 Å². The van der Waals surface area contributed by atoms with E-state index in [1.54, 1.807) is 19.1 Å². The molecule has 0 spiro atoms. The Kier molecular flexibility index (Phi) is 4.40. The molecular formula is C15H10ClFN2O3S. The van der Waals surface area contributed by atoms with Gasteiger partial charge in [0.2, 0.25) is 5.89 Å². The molecule has 3 rings (SSSR count). The van der Waals surface area contributed by atoms with E-state index in [2.05, 4.69) is 10.2 Å². The van der Waals surface area contributed by atoms with Gasteiger partial charge in [-0.1, -0.05) is 11.6 Å². The second-order valence-electron chi connectivity index (χ2n) is 4.60. The Labute approximate surface area is 139 Å². The lowest BCUT2D eigenvalue weighted by molar-refractivity contribution is 0.0285. The number of esters is 1. The molecule has 2 heterocycles. The molecule has 0 N–H and O–H groups in total. The average molecular weight is 353 g/mol. The fraction of sp³-hybridized carbons (Fsp3) is 0.133. The second kappa shape index (κ2) is 6.47. The molecule has 0 unspecified atom stereocenters. The first-order valence-electron chi connectivity index (χ1n) is 6.58. The van der Waals surface area contributed by atoms with Gasteiger partial charge in [-0.2, -0.15) is 0 Å². The zero-order valence-electron chi connectivity index (χ0n) is 11.8. The highest BCUT2D eigenvalue weighted by atomic mass is 35.5. The van der Waals surface area contributed by atoms with Crippen LogP contribution in [-0.2, 0) is 4.74 Å². The Hall–Kier alpha value is -2.25. The molecule has 0 saturated carbocycles.